The summed E-state index contributed by atoms with van der Waals surface area (Å²) in [5, 5.41) is 13.0. The molecular formula is C7H14N2O4S. The molecule has 14 heavy (non-hydrogen) atoms. The molecule has 7 heteroatoms. The van der Waals surface area contributed by atoms with Gasteiger partial charge in [-0.05, 0) is 6.42 Å². The van der Waals surface area contributed by atoms with Crippen LogP contribution in [0.15, 0.2) is 0 Å². The first kappa shape index (κ1) is 11.3. The monoisotopic (exact) mass is 222 g/mol. The number of rotatable bonds is 3. The van der Waals surface area contributed by atoms with Gasteiger partial charge in [-0.2, -0.15) is 0 Å². The van der Waals surface area contributed by atoms with Crippen molar-refractivity contribution < 1.29 is 18.3 Å². The fraction of sp³-hybridized carbons (Fsp3) is 0.857. The lowest BCUT2D eigenvalue weighted by Gasteiger charge is -2.22. The molecule has 6 nitrogen and oxygen atoms in total. The highest BCUT2D eigenvalue weighted by Crippen LogP contribution is 2.09. The van der Waals surface area contributed by atoms with Crippen molar-refractivity contribution in [3.63, 3.8) is 0 Å². The molecule has 0 aromatic rings. The third-order valence-electron chi connectivity index (χ3n) is 2.19. The summed E-state index contributed by atoms with van der Waals surface area (Å²) in [5.74, 6) is 0.144. The maximum Gasteiger partial charge on any atom is 0.404 e. The van der Waals surface area contributed by atoms with Crippen LogP contribution >= 0.6 is 0 Å². The van der Waals surface area contributed by atoms with Gasteiger partial charge in [0.05, 0.1) is 11.0 Å². The summed E-state index contributed by atoms with van der Waals surface area (Å²) >= 11 is 0. The SMILES string of the molecule is O=C(O)NCCC1CNCCS1(=O)=O. The second kappa shape index (κ2) is 4.61. The average Bonchev–Trinajstić information content (AvgIpc) is 2.07. The molecule has 0 aliphatic carbocycles. The van der Waals surface area contributed by atoms with Gasteiger partial charge in [-0.1, -0.05) is 0 Å². The van der Waals surface area contributed by atoms with Gasteiger partial charge in [0.1, 0.15) is 0 Å². The van der Waals surface area contributed by atoms with Gasteiger partial charge in [0.25, 0.3) is 0 Å². The number of amides is 1. The Morgan fingerprint density at radius 3 is 2.86 bits per heavy atom. The van der Waals surface area contributed by atoms with Crippen LogP contribution in [0, 0.1) is 0 Å². The van der Waals surface area contributed by atoms with Gasteiger partial charge < -0.3 is 15.7 Å². The molecule has 0 radical (unpaired) electrons. The van der Waals surface area contributed by atoms with E-state index in [-0.39, 0.29) is 12.3 Å². The zero-order valence-corrected chi connectivity index (χ0v) is 8.51. The third-order valence-corrected chi connectivity index (χ3v) is 4.38. The molecule has 1 saturated heterocycles. The minimum absolute atomic E-state index is 0.144. The Kier molecular flexibility index (Phi) is 3.70. The number of sulfone groups is 1. The minimum atomic E-state index is -3.02. The van der Waals surface area contributed by atoms with Gasteiger partial charge in [-0.15, -0.1) is 0 Å². The molecule has 82 valence electrons. The molecule has 1 atom stereocenters. The molecule has 1 heterocycles. The predicted molar refractivity (Wildman–Crippen MR) is 51.1 cm³/mol. The van der Waals surface area contributed by atoms with E-state index in [1.165, 1.54) is 0 Å². The number of hydrogen-bond donors (Lipinski definition) is 3. The number of carboxylic acid groups (broad SMARTS) is 1. The second-order valence-corrected chi connectivity index (χ2v) is 5.61. The summed E-state index contributed by atoms with van der Waals surface area (Å²) in [5.41, 5.74) is 0. The highest BCUT2D eigenvalue weighted by atomic mass is 32.2. The van der Waals surface area contributed by atoms with Crippen molar-refractivity contribution in [2.75, 3.05) is 25.4 Å². The summed E-state index contributed by atoms with van der Waals surface area (Å²) < 4.78 is 22.9. The highest BCUT2D eigenvalue weighted by Gasteiger charge is 2.27. The normalized spacial score (nSPS) is 25.6. The lowest BCUT2D eigenvalue weighted by molar-refractivity contribution is 0.194. The van der Waals surface area contributed by atoms with Crippen molar-refractivity contribution >= 4 is 15.9 Å². The van der Waals surface area contributed by atoms with Crippen LogP contribution in [0.25, 0.3) is 0 Å². The molecular weight excluding hydrogens is 208 g/mol. The van der Waals surface area contributed by atoms with E-state index in [1.807, 2.05) is 0 Å². The Morgan fingerprint density at radius 2 is 2.29 bits per heavy atom. The van der Waals surface area contributed by atoms with E-state index in [0.29, 0.717) is 19.5 Å². The van der Waals surface area contributed by atoms with E-state index in [2.05, 4.69) is 10.6 Å². The Balaban J connectivity index is 2.39. The van der Waals surface area contributed by atoms with Crippen LogP contribution in [0.1, 0.15) is 6.42 Å². The van der Waals surface area contributed by atoms with Crippen LogP contribution in [-0.2, 0) is 9.84 Å². The zero-order chi connectivity index (χ0) is 10.6. The van der Waals surface area contributed by atoms with Crippen LogP contribution in [0.5, 0.6) is 0 Å². The Labute approximate surface area is 82.6 Å². The molecule has 0 bridgehead atoms. The lowest BCUT2D eigenvalue weighted by Crippen LogP contribution is -2.45. The van der Waals surface area contributed by atoms with Gasteiger partial charge in [0, 0.05) is 19.6 Å². The largest absolute Gasteiger partial charge is 0.465 e. The number of carbonyl (C=O) groups is 1. The Hall–Kier alpha value is -0.820. The quantitative estimate of drug-likeness (QED) is 0.571. The molecule has 1 fully saturated rings. The molecule has 1 rings (SSSR count). The summed E-state index contributed by atoms with van der Waals surface area (Å²) in [6.45, 7) is 1.09. The molecule has 0 saturated carbocycles. The Bertz CT molecular complexity index is 301. The van der Waals surface area contributed by atoms with E-state index in [0.717, 1.165) is 0 Å². The highest BCUT2D eigenvalue weighted by molar-refractivity contribution is 7.92. The molecule has 1 amide bonds. The molecule has 1 aliphatic heterocycles. The fourth-order valence-corrected chi connectivity index (χ4v) is 3.00. The van der Waals surface area contributed by atoms with E-state index < -0.39 is 21.2 Å². The number of nitrogens with one attached hydrogen (secondary N) is 2. The third kappa shape index (κ3) is 3.15. The van der Waals surface area contributed by atoms with E-state index in [1.54, 1.807) is 0 Å². The zero-order valence-electron chi connectivity index (χ0n) is 7.69. The Morgan fingerprint density at radius 1 is 1.57 bits per heavy atom. The first-order valence-corrected chi connectivity index (χ1v) is 6.13. The van der Waals surface area contributed by atoms with Crippen molar-refractivity contribution in [1.29, 1.82) is 0 Å². The van der Waals surface area contributed by atoms with Crippen LogP contribution in [0.2, 0.25) is 0 Å². The summed E-state index contributed by atoms with van der Waals surface area (Å²) in [6.07, 6.45) is -0.784. The van der Waals surface area contributed by atoms with E-state index in [4.69, 9.17) is 5.11 Å². The smallest absolute Gasteiger partial charge is 0.404 e. The van der Waals surface area contributed by atoms with Crippen molar-refractivity contribution in [3.05, 3.63) is 0 Å². The van der Waals surface area contributed by atoms with Crippen molar-refractivity contribution in [2.45, 2.75) is 11.7 Å². The summed E-state index contributed by atoms with van der Waals surface area (Å²) in [4.78, 5) is 10.1. The molecule has 1 aliphatic rings. The number of hydrogen-bond acceptors (Lipinski definition) is 4. The molecule has 0 spiro atoms. The topological polar surface area (TPSA) is 95.5 Å². The first-order valence-electron chi connectivity index (χ1n) is 4.41. The summed E-state index contributed by atoms with van der Waals surface area (Å²) in [7, 11) is -3.02. The maximum absolute atomic E-state index is 11.4. The molecule has 0 aromatic heterocycles. The average molecular weight is 222 g/mol. The second-order valence-electron chi connectivity index (χ2n) is 3.21. The van der Waals surface area contributed by atoms with Gasteiger partial charge in [0.15, 0.2) is 9.84 Å². The standard InChI is InChI=1S/C7H14N2O4S/c10-7(11)9-2-1-6-5-8-3-4-14(6,12)13/h6,8-9H,1-5H2,(H,10,11). The van der Waals surface area contributed by atoms with Gasteiger partial charge in [0.2, 0.25) is 0 Å². The van der Waals surface area contributed by atoms with Crippen LogP contribution in [-0.4, -0.2) is 50.3 Å². The van der Waals surface area contributed by atoms with Gasteiger partial charge in [-0.3, -0.25) is 0 Å². The van der Waals surface area contributed by atoms with Crippen molar-refractivity contribution in [1.82, 2.24) is 10.6 Å². The van der Waals surface area contributed by atoms with Gasteiger partial charge in [-0.25, -0.2) is 13.2 Å². The first-order chi connectivity index (χ1) is 6.52. The van der Waals surface area contributed by atoms with Gasteiger partial charge >= 0.3 is 6.09 Å². The van der Waals surface area contributed by atoms with Crippen LogP contribution in [0.4, 0.5) is 4.79 Å². The van der Waals surface area contributed by atoms with Crippen molar-refractivity contribution in [2.24, 2.45) is 0 Å². The molecule has 0 aromatic carbocycles. The molecule has 1 unspecified atom stereocenters. The summed E-state index contributed by atoms with van der Waals surface area (Å²) in [6, 6.07) is 0. The van der Waals surface area contributed by atoms with Crippen LogP contribution < -0.4 is 10.6 Å². The van der Waals surface area contributed by atoms with Crippen molar-refractivity contribution in [3.8, 4) is 0 Å². The van der Waals surface area contributed by atoms with E-state index >= 15 is 0 Å². The molecule has 3 N–H and O–H groups in total. The lowest BCUT2D eigenvalue weighted by atomic mass is 10.3. The van der Waals surface area contributed by atoms with Crippen LogP contribution in [0.3, 0.4) is 0 Å². The van der Waals surface area contributed by atoms with E-state index in [9.17, 15) is 13.2 Å². The minimum Gasteiger partial charge on any atom is -0.465 e. The fourth-order valence-electron chi connectivity index (χ4n) is 1.39. The maximum atomic E-state index is 11.4. The predicted octanol–water partition coefficient (Wildman–Crippen LogP) is -0.969.